The molecule has 3 N–H and O–H groups in total. The summed E-state index contributed by atoms with van der Waals surface area (Å²) in [5.41, 5.74) is 9.82. The first-order valence-corrected chi connectivity index (χ1v) is 9.78. The lowest BCUT2D eigenvalue weighted by Crippen LogP contribution is -2.32. The molecule has 0 fully saturated rings. The third-order valence-electron chi connectivity index (χ3n) is 5.01. The zero-order chi connectivity index (χ0) is 21.8. The van der Waals surface area contributed by atoms with Gasteiger partial charge in [-0.05, 0) is 23.8 Å². The Kier molecular flexibility index (Phi) is 5.72. The number of nitrogens with two attached hydrogens (primary N) is 1. The highest BCUT2D eigenvalue weighted by Crippen LogP contribution is 2.30. The minimum absolute atomic E-state index is 0.0344. The number of hydrogen-bond donors (Lipinski definition) is 2. The second-order valence-electron chi connectivity index (χ2n) is 6.91. The number of aromatic nitrogens is 4. The van der Waals surface area contributed by atoms with E-state index >= 15 is 0 Å². The SMILES string of the molecule is C=CC(=O)N(CCn1nc(-c2ccc(CO)cc2)c2c(N)ncnc21)c1ccccc1. The van der Waals surface area contributed by atoms with E-state index in [4.69, 9.17) is 10.8 Å². The van der Waals surface area contributed by atoms with Crippen molar-refractivity contribution in [1.29, 1.82) is 0 Å². The van der Waals surface area contributed by atoms with Crippen molar-refractivity contribution in [2.75, 3.05) is 17.2 Å². The number of aliphatic hydroxyl groups excluding tert-OH is 1. The molecule has 0 saturated carbocycles. The molecule has 4 aromatic rings. The topological polar surface area (TPSA) is 110 Å². The second-order valence-corrected chi connectivity index (χ2v) is 6.91. The molecule has 0 spiro atoms. The fraction of sp³-hybridized carbons (Fsp3) is 0.130. The molecule has 8 heteroatoms. The van der Waals surface area contributed by atoms with Crippen molar-refractivity contribution in [3.63, 3.8) is 0 Å². The minimum Gasteiger partial charge on any atom is -0.392 e. The Balaban J connectivity index is 1.71. The van der Waals surface area contributed by atoms with Crippen LogP contribution in [0.4, 0.5) is 11.5 Å². The maximum absolute atomic E-state index is 12.5. The summed E-state index contributed by atoms with van der Waals surface area (Å²) >= 11 is 0. The molecule has 0 aliphatic heterocycles. The normalized spacial score (nSPS) is 10.9. The van der Waals surface area contributed by atoms with Gasteiger partial charge in [0.1, 0.15) is 17.8 Å². The summed E-state index contributed by atoms with van der Waals surface area (Å²) in [6.07, 6.45) is 2.70. The van der Waals surface area contributed by atoms with Crippen LogP contribution >= 0.6 is 0 Å². The minimum atomic E-state index is -0.198. The Bertz CT molecular complexity index is 1220. The van der Waals surface area contributed by atoms with Crippen LogP contribution in [-0.4, -0.2) is 37.3 Å². The fourth-order valence-corrected chi connectivity index (χ4v) is 3.44. The number of carbonyl (C=O) groups is 1. The maximum atomic E-state index is 12.5. The summed E-state index contributed by atoms with van der Waals surface area (Å²) < 4.78 is 1.73. The summed E-state index contributed by atoms with van der Waals surface area (Å²) in [7, 11) is 0. The Morgan fingerprint density at radius 2 is 1.87 bits per heavy atom. The maximum Gasteiger partial charge on any atom is 0.250 e. The molecule has 0 aliphatic rings. The van der Waals surface area contributed by atoms with Gasteiger partial charge in [-0.25, -0.2) is 14.6 Å². The van der Waals surface area contributed by atoms with E-state index in [9.17, 15) is 9.90 Å². The van der Waals surface area contributed by atoms with Crippen LogP contribution in [0, 0.1) is 0 Å². The number of amides is 1. The van der Waals surface area contributed by atoms with Crippen LogP contribution < -0.4 is 10.6 Å². The zero-order valence-electron chi connectivity index (χ0n) is 16.8. The van der Waals surface area contributed by atoms with E-state index in [1.165, 1.54) is 12.4 Å². The average Bonchev–Trinajstić information content (AvgIpc) is 3.19. The van der Waals surface area contributed by atoms with Crippen LogP contribution in [0.2, 0.25) is 0 Å². The Labute approximate surface area is 179 Å². The van der Waals surface area contributed by atoms with E-state index in [1.807, 2.05) is 54.6 Å². The Morgan fingerprint density at radius 1 is 1.13 bits per heavy atom. The third-order valence-corrected chi connectivity index (χ3v) is 5.01. The summed E-state index contributed by atoms with van der Waals surface area (Å²) in [4.78, 5) is 22.6. The number of anilines is 2. The van der Waals surface area contributed by atoms with Crippen LogP contribution in [0.25, 0.3) is 22.3 Å². The first-order chi connectivity index (χ1) is 15.1. The monoisotopic (exact) mass is 414 g/mol. The number of nitrogen functional groups attached to an aromatic ring is 1. The van der Waals surface area contributed by atoms with Crippen LogP contribution in [0.3, 0.4) is 0 Å². The predicted molar refractivity (Wildman–Crippen MR) is 120 cm³/mol. The molecule has 31 heavy (non-hydrogen) atoms. The lowest BCUT2D eigenvalue weighted by atomic mass is 10.1. The number of aliphatic hydroxyl groups is 1. The van der Waals surface area contributed by atoms with E-state index in [-0.39, 0.29) is 12.5 Å². The number of nitrogens with zero attached hydrogens (tertiary/aromatic N) is 5. The first-order valence-electron chi connectivity index (χ1n) is 9.78. The number of para-hydroxylation sites is 1. The van der Waals surface area contributed by atoms with Gasteiger partial charge in [0.25, 0.3) is 0 Å². The standard InChI is InChI=1S/C23H22N6O2/c1-2-19(31)28(18-6-4-3-5-7-18)12-13-29-23-20(22(24)25-15-26-23)21(27-29)17-10-8-16(14-30)9-11-17/h2-11,15,30H,1,12-14H2,(H2,24,25,26). The molecule has 2 aromatic carbocycles. The highest BCUT2D eigenvalue weighted by Gasteiger charge is 2.19. The lowest BCUT2D eigenvalue weighted by molar-refractivity contribution is -0.114. The molecule has 156 valence electrons. The van der Waals surface area contributed by atoms with Gasteiger partial charge in [0.15, 0.2) is 5.65 Å². The Hall–Kier alpha value is -4.04. The molecule has 0 aliphatic carbocycles. The van der Waals surface area contributed by atoms with Crippen molar-refractivity contribution in [3.8, 4) is 11.3 Å². The highest BCUT2D eigenvalue weighted by molar-refractivity contribution is 6.01. The molecule has 0 saturated heterocycles. The van der Waals surface area contributed by atoms with Gasteiger partial charge in [0.2, 0.25) is 5.91 Å². The van der Waals surface area contributed by atoms with Crippen LogP contribution in [0.5, 0.6) is 0 Å². The summed E-state index contributed by atoms with van der Waals surface area (Å²) in [5, 5.41) is 14.7. The van der Waals surface area contributed by atoms with Crippen LogP contribution in [0.1, 0.15) is 5.56 Å². The van der Waals surface area contributed by atoms with Gasteiger partial charge < -0.3 is 15.7 Å². The van der Waals surface area contributed by atoms with E-state index in [0.717, 1.165) is 16.8 Å². The summed E-state index contributed by atoms with van der Waals surface area (Å²) in [6, 6.07) is 16.8. The number of hydrogen-bond acceptors (Lipinski definition) is 6. The molecule has 0 bridgehead atoms. The number of rotatable bonds is 7. The zero-order valence-corrected chi connectivity index (χ0v) is 16.8. The van der Waals surface area contributed by atoms with E-state index in [1.54, 1.807) is 9.58 Å². The highest BCUT2D eigenvalue weighted by atomic mass is 16.3. The molecule has 4 rings (SSSR count). The number of fused-ring (bicyclic) bond motifs is 1. The molecule has 2 aromatic heterocycles. The van der Waals surface area contributed by atoms with E-state index in [2.05, 4.69) is 16.5 Å². The van der Waals surface area contributed by atoms with Gasteiger partial charge in [0.05, 0.1) is 18.5 Å². The van der Waals surface area contributed by atoms with Gasteiger partial charge >= 0.3 is 0 Å². The summed E-state index contributed by atoms with van der Waals surface area (Å²) in [5.74, 6) is 0.135. The molecule has 0 atom stereocenters. The van der Waals surface area contributed by atoms with Crippen molar-refractivity contribution in [2.24, 2.45) is 0 Å². The first kappa shape index (κ1) is 20.2. The van der Waals surface area contributed by atoms with Crippen molar-refractivity contribution >= 4 is 28.4 Å². The second kappa shape index (κ2) is 8.76. The van der Waals surface area contributed by atoms with E-state index in [0.29, 0.717) is 35.6 Å². The fourth-order valence-electron chi connectivity index (χ4n) is 3.44. The van der Waals surface area contributed by atoms with Gasteiger partial charge in [-0.15, -0.1) is 0 Å². The molecular weight excluding hydrogens is 392 g/mol. The van der Waals surface area contributed by atoms with Crippen molar-refractivity contribution < 1.29 is 9.90 Å². The van der Waals surface area contributed by atoms with Gasteiger partial charge in [-0.3, -0.25) is 4.79 Å². The third kappa shape index (κ3) is 4.01. The van der Waals surface area contributed by atoms with Gasteiger partial charge in [-0.2, -0.15) is 5.10 Å². The quantitative estimate of drug-likeness (QED) is 0.450. The Morgan fingerprint density at radius 3 is 2.55 bits per heavy atom. The molecule has 8 nitrogen and oxygen atoms in total. The van der Waals surface area contributed by atoms with Crippen LogP contribution in [-0.2, 0) is 17.9 Å². The number of carbonyl (C=O) groups excluding carboxylic acids is 1. The molecular formula is C23H22N6O2. The lowest BCUT2D eigenvalue weighted by Gasteiger charge is -2.21. The predicted octanol–water partition coefficient (Wildman–Crippen LogP) is 2.79. The van der Waals surface area contributed by atoms with Crippen molar-refractivity contribution in [2.45, 2.75) is 13.2 Å². The largest absolute Gasteiger partial charge is 0.392 e. The van der Waals surface area contributed by atoms with Crippen LogP contribution in [0.15, 0.2) is 73.6 Å². The van der Waals surface area contributed by atoms with E-state index < -0.39 is 0 Å². The average molecular weight is 414 g/mol. The molecule has 2 heterocycles. The molecule has 1 amide bonds. The molecule has 0 unspecified atom stereocenters. The molecule has 0 radical (unpaired) electrons. The summed E-state index contributed by atoms with van der Waals surface area (Å²) in [6.45, 7) is 4.35. The van der Waals surface area contributed by atoms with Crippen molar-refractivity contribution in [3.05, 3.63) is 79.1 Å². The van der Waals surface area contributed by atoms with Gasteiger partial charge in [-0.1, -0.05) is 49.0 Å². The number of benzene rings is 2. The van der Waals surface area contributed by atoms with Crippen molar-refractivity contribution in [1.82, 2.24) is 19.7 Å². The van der Waals surface area contributed by atoms with Gasteiger partial charge in [0, 0.05) is 17.8 Å². The smallest absolute Gasteiger partial charge is 0.250 e.